The minimum Gasteiger partial charge on any atom is -0.369 e. The second-order valence-electron chi connectivity index (χ2n) is 9.53. The van der Waals surface area contributed by atoms with Crippen LogP contribution in [0.3, 0.4) is 0 Å². The molecule has 0 saturated heterocycles. The number of nitrogens with one attached hydrogen (secondary N) is 3. The van der Waals surface area contributed by atoms with E-state index in [0.717, 1.165) is 23.4 Å². The number of hydrogen-bond acceptors (Lipinski definition) is 10. The van der Waals surface area contributed by atoms with Gasteiger partial charge in [0.25, 0.3) is 11.8 Å². The highest BCUT2D eigenvalue weighted by atomic mass is 32.1. The third kappa shape index (κ3) is 7.88. The lowest BCUT2D eigenvalue weighted by Gasteiger charge is -2.13. The van der Waals surface area contributed by atoms with Gasteiger partial charge in [-0.1, -0.05) is 53.8 Å². The summed E-state index contributed by atoms with van der Waals surface area (Å²) >= 11 is 1.16. The third-order valence-electron chi connectivity index (χ3n) is 5.73. The van der Waals surface area contributed by atoms with E-state index in [1.54, 1.807) is 12.1 Å². The predicted molar refractivity (Wildman–Crippen MR) is 159 cm³/mol. The minimum atomic E-state index is -0.395. The fourth-order valence-corrected chi connectivity index (χ4v) is 4.43. The number of anilines is 2. The minimum absolute atomic E-state index is 0.217. The molecule has 0 bridgehead atoms. The van der Waals surface area contributed by atoms with Crippen LogP contribution in [0.1, 0.15) is 20.3 Å². The molecule has 3 N–H and O–H groups in total. The van der Waals surface area contributed by atoms with E-state index in [-0.39, 0.29) is 16.6 Å². The number of aromatic nitrogens is 4. The summed E-state index contributed by atoms with van der Waals surface area (Å²) in [5.74, 6) is 0.329. The molecule has 0 aliphatic heterocycles. The van der Waals surface area contributed by atoms with Gasteiger partial charge in [-0.05, 0) is 40.3 Å². The number of carbonyl (C=O) groups is 2. The number of rotatable bonds is 12. The summed E-state index contributed by atoms with van der Waals surface area (Å²) in [6.45, 7) is 2.68. The number of amides is 2. The van der Waals surface area contributed by atoms with E-state index in [4.69, 9.17) is 0 Å². The van der Waals surface area contributed by atoms with Gasteiger partial charge in [-0.3, -0.25) is 9.59 Å². The van der Waals surface area contributed by atoms with E-state index < -0.39 is 5.91 Å². The van der Waals surface area contributed by atoms with Gasteiger partial charge in [-0.25, -0.2) is 9.97 Å². The van der Waals surface area contributed by atoms with Gasteiger partial charge in [0.05, 0.1) is 5.69 Å². The highest BCUT2D eigenvalue weighted by molar-refractivity contribution is 7.16. The molecule has 2 aromatic heterocycles. The van der Waals surface area contributed by atoms with Crippen molar-refractivity contribution in [3.05, 3.63) is 71.4 Å². The maximum absolute atomic E-state index is 13.5. The van der Waals surface area contributed by atoms with Crippen molar-refractivity contribution in [2.45, 2.75) is 0 Å². The lowest BCUT2D eigenvalue weighted by Crippen LogP contribution is -2.31. The predicted octanol–water partition coefficient (Wildman–Crippen LogP) is 3.18. The van der Waals surface area contributed by atoms with E-state index in [9.17, 15) is 9.59 Å². The second-order valence-corrected chi connectivity index (χ2v) is 10.5. The second kappa shape index (κ2) is 13.7. The molecule has 0 aliphatic carbocycles. The standard InChI is InChI=1S/C28H33N9O2S/c1-36(2)16-14-29-23-18-22(31-24(33-23)19-10-6-5-7-11-19)25(38)32-21-13-9-8-12-20(21)27-34-35-28(40-27)26(39)30-15-17-37(3)4/h5-13,18H,14-17H2,1-4H3,(H,30,39)(H,32,38)(H,29,31,33). The molecule has 4 rings (SSSR count). The molecule has 0 unspecified atom stereocenters. The van der Waals surface area contributed by atoms with Crippen molar-refractivity contribution in [2.75, 3.05) is 65.0 Å². The molecule has 0 atom stereocenters. The van der Waals surface area contributed by atoms with Crippen molar-refractivity contribution < 1.29 is 9.59 Å². The van der Waals surface area contributed by atoms with Gasteiger partial charge in [0.2, 0.25) is 5.01 Å². The highest BCUT2D eigenvalue weighted by Crippen LogP contribution is 2.31. The first-order valence-corrected chi connectivity index (χ1v) is 13.6. The molecule has 40 heavy (non-hydrogen) atoms. The van der Waals surface area contributed by atoms with Crippen LogP contribution in [0, 0.1) is 0 Å². The van der Waals surface area contributed by atoms with Crippen LogP contribution in [0.4, 0.5) is 11.5 Å². The molecule has 208 valence electrons. The van der Waals surface area contributed by atoms with Crippen LogP contribution in [0.2, 0.25) is 0 Å². The summed E-state index contributed by atoms with van der Waals surface area (Å²) in [6.07, 6.45) is 0. The molecule has 12 heteroatoms. The van der Waals surface area contributed by atoms with Crippen LogP contribution >= 0.6 is 11.3 Å². The fraction of sp³-hybridized carbons (Fsp3) is 0.286. The molecule has 0 aliphatic rings. The summed E-state index contributed by atoms with van der Waals surface area (Å²) in [5.41, 5.74) is 2.21. The third-order valence-corrected chi connectivity index (χ3v) is 6.68. The zero-order chi connectivity index (χ0) is 28.5. The number of para-hydroxylation sites is 1. The molecular formula is C28H33N9O2S. The van der Waals surface area contributed by atoms with Gasteiger partial charge >= 0.3 is 0 Å². The Kier molecular flexibility index (Phi) is 9.84. The molecule has 2 aromatic carbocycles. The quantitative estimate of drug-likeness (QED) is 0.240. The van der Waals surface area contributed by atoms with E-state index in [2.05, 4.69) is 41.0 Å². The van der Waals surface area contributed by atoms with Gasteiger partial charge in [0.15, 0.2) is 5.82 Å². The van der Waals surface area contributed by atoms with E-state index in [1.165, 1.54) is 0 Å². The van der Waals surface area contributed by atoms with Gasteiger partial charge in [-0.2, -0.15) is 0 Å². The van der Waals surface area contributed by atoms with Crippen molar-refractivity contribution in [3.63, 3.8) is 0 Å². The Morgan fingerprint density at radius 2 is 1.52 bits per heavy atom. The summed E-state index contributed by atoms with van der Waals surface area (Å²) in [7, 11) is 7.86. The molecule has 2 amide bonds. The topological polar surface area (TPSA) is 128 Å². The average Bonchev–Trinajstić information content (AvgIpc) is 3.44. The van der Waals surface area contributed by atoms with Crippen LogP contribution in [-0.2, 0) is 0 Å². The first kappa shape index (κ1) is 28.7. The van der Waals surface area contributed by atoms with Crippen LogP contribution in [-0.4, -0.2) is 96.1 Å². The number of carbonyl (C=O) groups excluding carboxylic acids is 2. The summed E-state index contributed by atoms with van der Waals surface area (Å²) in [5, 5.41) is 18.1. The average molecular weight is 560 g/mol. The Morgan fingerprint density at radius 3 is 2.27 bits per heavy atom. The lowest BCUT2D eigenvalue weighted by molar-refractivity contribution is 0.0949. The zero-order valence-corrected chi connectivity index (χ0v) is 23.8. The molecule has 11 nitrogen and oxygen atoms in total. The molecular weight excluding hydrogens is 526 g/mol. The first-order chi connectivity index (χ1) is 19.3. The van der Waals surface area contributed by atoms with Crippen molar-refractivity contribution in [2.24, 2.45) is 0 Å². The van der Waals surface area contributed by atoms with Gasteiger partial charge in [0.1, 0.15) is 16.5 Å². The lowest BCUT2D eigenvalue weighted by atomic mass is 10.1. The molecule has 0 spiro atoms. The number of likely N-dealkylation sites (N-methyl/N-ethyl adjacent to an activating group) is 2. The number of nitrogens with zero attached hydrogens (tertiary/aromatic N) is 6. The number of hydrogen-bond donors (Lipinski definition) is 3. The number of benzene rings is 2. The Morgan fingerprint density at radius 1 is 0.825 bits per heavy atom. The maximum atomic E-state index is 13.5. The first-order valence-electron chi connectivity index (χ1n) is 12.8. The maximum Gasteiger partial charge on any atom is 0.282 e. The summed E-state index contributed by atoms with van der Waals surface area (Å²) < 4.78 is 0. The van der Waals surface area contributed by atoms with E-state index >= 15 is 0 Å². The molecule has 2 heterocycles. The largest absolute Gasteiger partial charge is 0.369 e. The Balaban J connectivity index is 1.56. The molecule has 4 aromatic rings. The normalized spacial score (nSPS) is 11.1. The van der Waals surface area contributed by atoms with Gasteiger partial charge in [0, 0.05) is 43.4 Å². The van der Waals surface area contributed by atoms with E-state index in [0.29, 0.717) is 47.5 Å². The van der Waals surface area contributed by atoms with Crippen molar-refractivity contribution >= 4 is 34.7 Å². The van der Waals surface area contributed by atoms with Crippen LogP contribution in [0.15, 0.2) is 60.7 Å². The van der Waals surface area contributed by atoms with Gasteiger partial charge in [-0.15, -0.1) is 10.2 Å². The fourth-order valence-electron chi connectivity index (χ4n) is 3.64. The van der Waals surface area contributed by atoms with Crippen LogP contribution in [0.5, 0.6) is 0 Å². The summed E-state index contributed by atoms with van der Waals surface area (Å²) in [6, 6.07) is 18.4. The van der Waals surface area contributed by atoms with E-state index in [1.807, 2.05) is 81.6 Å². The molecule has 0 saturated carbocycles. The van der Waals surface area contributed by atoms with Crippen LogP contribution in [0.25, 0.3) is 22.0 Å². The highest BCUT2D eigenvalue weighted by Gasteiger charge is 2.19. The SMILES string of the molecule is CN(C)CCNC(=O)c1nnc(-c2ccccc2NC(=O)c2cc(NCCN(C)C)nc(-c3ccccc3)n2)s1. The van der Waals surface area contributed by atoms with Crippen LogP contribution < -0.4 is 16.0 Å². The Bertz CT molecular complexity index is 1440. The van der Waals surface area contributed by atoms with Crippen molar-refractivity contribution in [1.29, 1.82) is 0 Å². The monoisotopic (exact) mass is 559 g/mol. The van der Waals surface area contributed by atoms with Gasteiger partial charge < -0.3 is 25.8 Å². The Labute approximate surface area is 237 Å². The van der Waals surface area contributed by atoms with Crippen molar-refractivity contribution in [3.8, 4) is 22.0 Å². The van der Waals surface area contributed by atoms with Crippen molar-refractivity contribution in [1.82, 2.24) is 35.3 Å². The molecule has 0 radical (unpaired) electrons. The molecule has 0 fully saturated rings. The summed E-state index contributed by atoms with van der Waals surface area (Å²) in [4.78, 5) is 39.2. The Hall–Kier alpha value is -4.26. The smallest absolute Gasteiger partial charge is 0.282 e. The zero-order valence-electron chi connectivity index (χ0n) is 23.0.